The Bertz CT molecular complexity index is 687. The van der Waals surface area contributed by atoms with Crippen molar-refractivity contribution in [3.05, 3.63) is 48.0 Å². The number of pyridine rings is 1. The van der Waals surface area contributed by atoms with E-state index in [9.17, 15) is 0 Å². The third-order valence-corrected chi connectivity index (χ3v) is 5.39. The lowest BCUT2D eigenvalue weighted by molar-refractivity contribution is -0.141. The van der Waals surface area contributed by atoms with E-state index in [0.717, 1.165) is 57.0 Å². The number of aryl methyl sites for hydroxylation is 1. The third kappa shape index (κ3) is 3.72. The van der Waals surface area contributed by atoms with Gasteiger partial charge in [0.25, 0.3) is 0 Å². The summed E-state index contributed by atoms with van der Waals surface area (Å²) in [4.78, 5) is 6.77. The van der Waals surface area contributed by atoms with Gasteiger partial charge in [-0.2, -0.15) is 0 Å². The SMILES string of the molecule is Cc1ccc(CN2CCC3OCCCC3(COc3ccccn3)C2)o1. The first-order valence-electron chi connectivity index (χ1n) is 9.17. The molecule has 4 rings (SSSR count). The fourth-order valence-electron chi connectivity index (χ4n) is 4.17. The molecule has 0 aliphatic carbocycles. The lowest BCUT2D eigenvalue weighted by Gasteiger charge is -2.50. The number of fused-ring (bicyclic) bond motifs is 1. The molecule has 0 spiro atoms. The Balaban J connectivity index is 1.46. The van der Waals surface area contributed by atoms with Crippen molar-refractivity contribution in [2.75, 3.05) is 26.3 Å². The molecular formula is C20H26N2O3. The Morgan fingerprint density at radius 2 is 2.28 bits per heavy atom. The first-order chi connectivity index (χ1) is 12.2. The van der Waals surface area contributed by atoms with Crippen molar-refractivity contribution in [2.24, 2.45) is 5.41 Å². The van der Waals surface area contributed by atoms with Gasteiger partial charge in [-0.3, -0.25) is 4.90 Å². The topological polar surface area (TPSA) is 47.7 Å². The number of rotatable bonds is 5. The van der Waals surface area contributed by atoms with Crippen LogP contribution in [0.1, 0.15) is 30.8 Å². The number of furan rings is 1. The average molecular weight is 342 g/mol. The molecule has 0 N–H and O–H groups in total. The van der Waals surface area contributed by atoms with Crippen LogP contribution >= 0.6 is 0 Å². The van der Waals surface area contributed by atoms with E-state index in [1.807, 2.05) is 31.2 Å². The third-order valence-electron chi connectivity index (χ3n) is 5.39. The number of ether oxygens (including phenoxy) is 2. The van der Waals surface area contributed by atoms with Crippen molar-refractivity contribution in [1.82, 2.24) is 9.88 Å². The van der Waals surface area contributed by atoms with Crippen molar-refractivity contribution in [3.63, 3.8) is 0 Å². The van der Waals surface area contributed by atoms with Gasteiger partial charge in [0.15, 0.2) is 0 Å². The highest BCUT2D eigenvalue weighted by atomic mass is 16.5. The Kier molecular flexibility index (Phi) is 4.77. The molecule has 2 unspecified atom stereocenters. The molecule has 0 radical (unpaired) electrons. The van der Waals surface area contributed by atoms with E-state index in [1.54, 1.807) is 6.20 Å². The number of likely N-dealkylation sites (tertiary alicyclic amines) is 1. The number of nitrogens with zero attached hydrogens (tertiary/aromatic N) is 2. The monoisotopic (exact) mass is 342 g/mol. The van der Waals surface area contributed by atoms with Crippen LogP contribution in [0.2, 0.25) is 0 Å². The van der Waals surface area contributed by atoms with Crippen molar-refractivity contribution in [1.29, 1.82) is 0 Å². The van der Waals surface area contributed by atoms with Crippen LogP contribution in [-0.4, -0.2) is 42.3 Å². The lowest BCUT2D eigenvalue weighted by Crippen LogP contribution is -2.57. The minimum absolute atomic E-state index is 0.0374. The van der Waals surface area contributed by atoms with Crippen LogP contribution in [0, 0.1) is 12.3 Å². The van der Waals surface area contributed by atoms with Gasteiger partial charge in [0, 0.05) is 37.4 Å². The molecule has 134 valence electrons. The summed E-state index contributed by atoms with van der Waals surface area (Å²) in [5.41, 5.74) is 0.0374. The number of hydrogen-bond acceptors (Lipinski definition) is 5. The summed E-state index contributed by atoms with van der Waals surface area (Å²) < 4.78 is 18.0. The smallest absolute Gasteiger partial charge is 0.213 e. The van der Waals surface area contributed by atoms with Gasteiger partial charge in [-0.05, 0) is 44.4 Å². The summed E-state index contributed by atoms with van der Waals surface area (Å²) in [6, 6.07) is 9.90. The van der Waals surface area contributed by atoms with Crippen molar-refractivity contribution >= 4 is 0 Å². The summed E-state index contributed by atoms with van der Waals surface area (Å²) >= 11 is 0. The van der Waals surface area contributed by atoms with E-state index in [2.05, 4.69) is 16.0 Å². The van der Waals surface area contributed by atoms with Gasteiger partial charge in [-0.25, -0.2) is 4.98 Å². The molecule has 0 saturated carbocycles. The molecule has 2 aromatic rings. The van der Waals surface area contributed by atoms with Crippen molar-refractivity contribution in [3.8, 4) is 5.88 Å². The number of piperidine rings is 1. The van der Waals surface area contributed by atoms with Gasteiger partial charge in [0.1, 0.15) is 11.5 Å². The summed E-state index contributed by atoms with van der Waals surface area (Å²) in [6.45, 7) is 6.38. The van der Waals surface area contributed by atoms with E-state index < -0.39 is 0 Å². The molecule has 2 aliphatic heterocycles. The first-order valence-corrected chi connectivity index (χ1v) is 9.17. The van der Waals surface area contributed by atoms with Crippen LogP contribution in [0.25, 0.3) is 0 Å². The second-order valence-corrected chi connectivity index (χ2v) is 7.29. The summed E-state index contributed by atoms with van der Waals surface area (Å²) in [5, 5.41) is 0. The molecule has 0 amide bonds. The van der Waals surface area contributed by atoms with Crippen LogP contribution in [0.4, 0.5) is 0 Å². The van der Waals surface area contributed by atoms with Gasteiger partial charge < -0.3 is 13.9 Å². The predicted octanol–water partition coefficient (Wildman–Crippen LogP) is 3.43. The van der Waals surface area contributed by atoms with E-state index >= 15 is 0 Å². The summed E-state index contributed by atoms with van der Waals surface area (Å²) in [6.07, 6.45) is 5.33. The molecule has 2 fully saturated rings. The van der Waals surface area contributed by atoms with Crippen molar-refractivity contribution in [2.45, 2.75) is 38.8 Å². The molecule has 2 saturated heterocycles. The first kappa shape index (κ1) is 16.6. The second kappa shape index (κ2) is 7.18. The molecule has 0 aromatic carbocycles. The molecule has 5 heteroatoms. The predicted molar refractivity (Wildman–Crippen MR) is 94.5 cm³/mol. The van der Waals surface area contributed by atoms with Crippen LogP contribution in [-0.2, 0) is 11.3 Å². The van der Waals surface area contributed by atoms with Gasteiger partial charge in [0.2, 0.25) is 5.88 Å². The van der Waals surface area contributed by atoms with Gasteiger partial charge in [-0.1, -0.05) is 6.07 Å². The van der Waals surface area contributed by atoms with Gasteiger partial charge >= 0.3 is 0 Å². The van der Waals surface area contributed by atoms with Gasteiger partial charge in [-0.15, -0.1) is 0 Å². The molecule has 2 aromatic heterocycles. The van der Waals surface area contributed by atoms with Crippen LogP contribution in [0.3, 0.4) is 0 Å². The zero-order valence-corrected chi connectivity index (χ0v) is 14.8. The summed E-state index contributed by atoms with van der Waals surface area (Å²) in [5.74, 6) is 2.70. The minimum atomic E-state index is 0.0374. The molecule has 25 heavy (non-hydrogen) atoms. The largest absolute Gasteiger partial charge is 0.477 e. The normalized spacial score (nSPS) is 27.0. The molecule has 2 aliphatic rings. The van der Waals surface area contributed by atoms with Crippen LogP contribution < -0.4 is 4.74 Å². The van der Waals surface area contributed by atoms with E-state index in [1.165, 1.54) is 0 Å². The zero-order chi connectivity index (χ0) is 17.1. The average Bonchev–Trinajstić information content (AvgIpc) is 3.05. The number of hydrogen-bond donors (Lipinski definition) is 0. The maximum absolute atomic E-state index is 6.13. The quantitative estimate of drug-likeness (QED) is 0.833. The van der Waals surface area contributed by atoms with E-state index in [4.69, 9.17) is 13.9 Å². The lowest BCUT2D eigenvalue weighted by atomic mass is 9.73. The fraction of sp³-hybridized carbons (Fsp3) is 0.550. The van der Waals surface area contributed by atoms with Crippen LogP contribution in [0.15, 0.2) is 40.9 Å². The standard InChI is InChI=1S/C20H26N2O3/c1-16-6-7-17(25-16)13-22-11-8-18-20(14-22,9-4-12-23-18)15-24-19-5-2-3-10-21-19/h2-3,5-7,10,18H,4,8-9,11-15H2,1H3. The number of aromatic nitrogens is 1. The Hall–Kier alpha value is -1.85. The Morgan fingerprint density at radius 1 is 1.32 bits per heavy atom. The Morgan fingerprint density at radius 3 is 3.08 bits per heavy atom. The van der Waals surface area contributed by atoms with Crippen LogP contribution in [0.5, 0.6) is 5.88 Å². The fourth-order valence-corrected chi connectivity index (χ4v) is 4.17. The minimum Gasteiger partial charge on any atom is -0.477 e. The highest BCUT2D eigenvalue weighted by Crippen LogP contribution is 2.41. The maximum atomic E-state index is 6.13. The highest BCUT2D eigenvalue weighted by Gasteiger charge is 2.46. The molecule has 4 heterocycles. The molecule has 2 atom stereocenters. The zero-order valence-electron chi connectivity index (χ0n) is 14.8. The summed E-state index contributed by atoms with van der Waals surface area (Å²) in [7, 11) is 0. The highest BCUT2D eigenvalue weighted by molar-refractivity contribution is 5.10. The van der Waals surface area contributed by atoms with Gasteiger partial charge in [0.05, 0.1) is 19.3 Å². The Labute approximate surface area is 148 Å². The van der Waals surface area contributed by atoms with Crippen molar-refractivity contribution < 1.29 is 13.9 Å². The molecular weight excluding hydrogens is 316 g/mol. The second-order valence-electron chi connectivity index (χ2n) is 7.29. The van der Waals surface area contributed by atoms with E-state index in [-0.39, 0.29) is 11.5 Å². The maximum Gasteiger partial charge on any atom is 0.213 e. The van der Waals surface area contributed by atoms with E-state index in [0.29, 0.717) is 12.5 Å². The molecule has 0 bridgehead atoms. The molecule has 5 nitrogen and oxygen atoms in total.